The summed E-state index contributed by atoms with van der Waals surface area (Å²) >= 11 is 0. The second-order valence-corrected chi connectivity index (χ2v) is 11.5. The summed E-state index contributed by atoms with van der Waals surface area (Å²) in [4.78, 5) is 11.8. The minimum absolute atomic E-state index is 0.0676. The van der Waals surface area contributed by atoms with E-state index < -0.39 is 0 Å². The fourth-order valence-electron chi connectivity index (χ4n) is 5.30. The molecule has 0 saturated carbocycles. The smallest absolute Gasteiger partial charge is 0.220 e. The van der Waals surface area contributed by atoms with Crippen LogP contribution < -0.4 is 5.73 Å². The third-order valence-electron chi connectivity index (χ3n) is 7.87. The maximum Gasteiger partial charge on any atom is 0.220 e. The maximum atomic E-state index is 11.8. The molecule has 2 N–H and O–H groups in total. The van der Waals surface area contributed by atoms with Gasteiger partial charge in [0, 0.05) is 5.92 Å². The van der Waals surface area contributed by atoms with Gasteiger partial charge in [0.05, 0.1) is 0 Å². The average molecular weight is 506 g/mol. The summed E-state index contributed by atoms with van der Waals surface area (Å²) in [7, 11) is 0. The summed E-state index contributed by atoms with van der Waals surface area (Å²) in [6.45, 7) is 4.56. The molecular weight excluding hydrogens is 438 g/mol. The number of allylic oxidation sites excluding steroid dienone is 2. The normalized spacial score (nSPS) is 12.5. The highest BCUT2D eigenvalue weighted by atomic mass is 16.1. The summed E-state index contributed by atoms with van der Waals surface area (Å²) in [6, 6.07) is 0. The van der Waals surface area contributed by atoms with E-state index in [1.165, 1.54) is 161 Å². The van der Waals surface area contributed by atoms with Crippen LogP contribution in [-0.4, -0.2) is 5.91 Å². The van der Waals surface area contributed by atoms with E-state index >= 15 is 0 Å². The van der Waals surface area contributed by atoms with E-state index in [2.05, 4.69) is 26.0 Å². The predicted octanol–water partition coefficient (Wildman–Crippen LogP) is 11.6. The first-order valence-corrected chi connectivity index (χ1v) is 16.7. The van der Waals surface area contributed by atoms with Gasteiger partial charge >= 0.3 is 0 Å². The molecule has 1 amide bonds. The van der Waals surface area contributed by atoms with Crippen molar-refractivity contribution in [1.29, 1.82) is 0 Å². The molecular formula is C34H67NO. The zero-order valence-corrected chi connectivity index (χ0v) is 25.0. The molecule has 0 aliphatic carbocycles. The second kappa shape index (κ2) is 30.4. The number of rotatable bonds is 30. The Morgan fingerprint density at radius 1 is 0.472 bits per heavy atom. The average Bonchev–Trinajstić information content (AvgIpc) is 2.87. The van der Waals surface area contributed by atoms with Crippen molar-refractivity contribution >= 4 is 5.91 Å². The molecule has 0 rings (SSSR count). The highest BCUT2D eigenvalue weighted by Gasteiger charge is 2.14. The minimum Gasteiger partial charge on any atom is -0.369 e. The number of carbonyl (C=O) groups is 1. The molecule has 0 heterocycles. The van der Waals surface area contributed by atoms with Crippen LogP contribution in [0.1, 0.15) is 194 Å². The first-order chi connectivity index (χ1) is 17.7. The lowest BCUT2D eigenvalue weighted by molar-refractivity contribution is -0.122. The second-order valence-electron chi connectivity index (χ2n) is 11.5. The SMILES string of the molecule is CCCCCC/C=C\CCCCCCC(CCCCCCCCCCCCCCCCCC)C(N)=O. The van der Waals surface area contributed by atoms with Gasteiger partial charge in [-0.25, -0.2) is 0 Å². The summed E-state index contributed by atoms with van der Waals surface area (Å²) in [5.74, 6) is 0.0432. The Morgan fingerprint density at radius 2 is 0.750 bits per heavy atom. The molecule has 0 aromatic heterocycles. The quantitative estimate of drug-likeness (QED) is 0.0765. The third kappa shape index (κ3) is 27.8. The summed E-state index contributed by atoms with van der Waals surface area (Å²) in [6.07, 6.45) is 41.9. The van der Waals surface area contributed by atoms with Crippen molar-refractivity contribution in [2.24, 2.45) is 11.7 Å². The van der Waals surface area contributed by atoms with Crippen LogP contribution in [0.4, 0.5) is 0 Å². The Kier molecular flexibility index (Phi) is 29.8. The zero-order valence-electron chi connectivity index (χ0n) is 25.0. The van der Waals surface area contributed by atoms with Crippen molar-refractivity contribution in [3.05, 3.63) is 12.2 Å². The van der Waals surface area contributed by atoms with Gasteiger partial charge in [-0.3, -0.25) is 4.79 Å². The van der Waals surface area contributed by atoms with Gasteiger partial charge in [0.25, 0.3) is 0 Å². The maximum absolute atomic E-state index is 11.8. The Hall–Kier alpha value is -0.790. The van der Waals surface area contributed by atoms with Crippen LogP contribution in [0.5, 0.6) is 0 Å². The van der Waals surface area contributed by atoms with Crippen molar-refractivity contribution in [1.82, 2.24) is 0 Å². The van der Waals surface area contributed by atoms with Gasteiger partial charge in [-0.15, -0.1) is 0 Å². The van der Waals surface area contributed by atoms with Crippen LogP contribution in [0.3, 0.4) is 0 Å². The topological polar surface area (TPSA) is 43.1 Å². The molecule has 0 radical (unpaired) electrons. The fourth-order valence-corrected chi connectivity index (χ4v) is 5.30. The fraction of sp³-hybridized carbons (Fsp3) is 0.912. The molecule has 0 saturated heterocycles. The predicted molar refractivity (Wildman–Crippen MR) is 162 cm³/mol. The van der Waals surface area contributed by atoms with Crippen LogP contribution in [0.15, 0.2) is 12.2 Å². The first-order valence-electron chi connectivity index (χ1n) is 16.7. The van der Waals surface area contributed by atoms with E-state index in [-0.39, 0.29) is 11.8 Å². The van der Waals surface area contributed by atoms with Crippen molar-refractivity contribution in [3.8, 4) is 0 Å². The lowest BCUT2D eigenvalue weighted by atomic mass is 9.93. The lowest BCUT2D eigenvalue weighted by Crippen LogP contribution is -2.23. The standard InChI is InChI=1S/C34H67NO/c1-3-5-7-9-11-13-15-17-18-19-20-22-24-26-28-30-32-33(34(35)36)31-29-27-25-23-21-16-14-12-10-8-6-4-2/h14,16,33H,3-13,15,17-32H2,1-2H3,(H2,35,36)/b16-14-. The minimum atomic E-state index is -0.0676. The molecule has 0 spiro atoms. The number of primary amides is 1. The molecule has 0 aliphatic heterocycles. The van der Waals surface area contributed by atoms with Crippen molar-refractivity contribution < 1.29 is 4.79 Å². The Labute approximate surface area is 228 Å². The van der Waals surface area contributed by atoms with Crippen LogP contribution in [-0.2, 0) is 4.79 Å². The molecule has 0 aromatic rings. The van der Waals surface area contributed by atoms with Gasteiger partial charge in [-0.05, 0) is 38.5 Å². The van der Waals surface area contributed by atoms with Crippen molar-refractivity contribution in [3.63, 3.8) is 0 Å². The summed E-state index contributed by atoms with van der Waals surface area (Å²) in [5, 5.41) is 0. The first kappa shape index (κ1) is 35.2. The largest absolute Gasteiger partial charge is 0.369 e. The third-order valence-corrected chi connectivity index (χ3v) is 7.87. The van der Waals surface area contributed by atoms with E-state index in [1.54, 1.807) is 0 Å². The number of nitrogens with two attached hydrogens (primary N) is 1. The van der Waals surface area contributed by atoms with Crippen molar-refractivity contribution in [2.75, 3.05) is 0 Å². The van der Waals surface area contributed by atoms with E-state index in [4.69, 9.17) is 5.73 Å². The zero-order chi connectivity index (χ0) is 26.4. The van der Waals surface area contributed by atoms with Crippen LogP contribution in [0, 0.1) is 5.92 Å². The van der Waals surface area contributed by atoms with Gasteiger partial charge in [-0.2, -0.15) is 0 Å². The van der Waals surface area contributed by atoms with Crippen LogP contribution in [0.25, 0.3) is 0 Å². The van der Waals surface area contributed by atoms with E-state index in [0.717, 1.165) is 19.3 Å². The Bertz CT molecular complexity index is 458. The number of hydrogen-bond donors (Lipinski definition) is 1. The number of hydrogen-bond acceptors (Lipinski definition) is 1. The molecule has 1 atom stereocenters. The van der Waals surface area contributed by atoms with E-state index in [9.17, 15) is 4.79 Å². The molecule has 2 nitrogen and oxygen atoms in total. The number of unbranched alkanes of at least 4 members (excludes halogenated alkanes) is 23. The Morgan fingerprint density at radius 3 is 1.08 bits per heavy atom. The van der Waals surface area contributed by atoms with Crippen LogP contribution >= 0.6 is 0 Å². The molecule has 0 aliphatic rings. The van der Waals surface area contributed by atoms with Gasteiger partial charge in [0.1, 0.15) is 0 Å². The van der Waals surface area contributed by atoms with Gasteiger partial charge in [0.15, 0.2) is 0 Å². The Balaban J connectivity index is 3.43. The lowest BCUT2D eigenvalue weighted by Gasteiger charge is -2.13. The van der Waals surface area contributed by atoms with Gasteiger partial charge in [-0.1, -0.05) is 167 Å². The molecule has 36 heavy (non-hydrogen) atoms. The molecule has 214 valence electrons. The van der Waals surface area contributed by atoms with Crippen LogP contribution in [0.2, 0.25) is 0 Å². The molecule has 0 fully saturated rings. The monoisotopic (exact) mass is 506 g/mol. The molecule has 0 bridgehead atoms. The summed E-state index contributed by atoms with van der Waals surface area (Å²) < 4.78 is 0. The highest BCUT2D eigenvalue weighted by Crippen LogP contribution is 2.19. The van der Waals surface area contributed by atoms with E-state index in [1.807, 2.05) is 0 Å². The van der Waals surface area contributed by atoms with Gasteiger partial charge in [0.2, 0.25) is 5.91 Å². The number of amides is 1. The highest BCUT2D eigenvalue weighted by molar-refractivity contribution is 5.76. The summed E-state index contributed by atoms with van der Waals surface area (Å²) in [5.41, 5.74) is 5.69. The molecule has 1 unspecified atom stereocenters. The van der Waals surface area contributed by atoms with Gasteiger partial charge < -0.3 is 5.73 Å². The molecule has 2 heteroatoms. The number of carbonyl (C=O) groups excluding carboxylic acids is 1. The molecule has 0 aromatic carbocycles. The van der Waals surface area contributed by atoms with Crippen molar-refractivity contribution in [2.45, 2.75) is 194 Å². The van der Waals surface area contributed by atoms with E-state index in [0.29, 0.717) is 0 Å².